The minimum Gasteiger partial charge on any atom is -0.343 e. The van der Waals surface area contributed by atoms with Gasteiger partial charge in [0.05, 0.1) is 23.1 Å². The Morgan fingerprint density at radius 2 is 1.70 bits per heavy atom. The Balaban J connectivity index is 0.000000193. The molecule has 7 nitrogen and oxygen atoms in total. The largest absolute Gasteiger partial charge is 0.343 e. The predicted octanol–water partition coefficient (Wildman–Crippen LogP) is 4.16. The molecule has 0 spiro atoms. The average molecular weight is 356 g/mol. The maximum absolute atomic E-state index is 11.7. The van der Waals surface area contributed by atoms with Gasteiger partial charge in [0.25, 0.3) is 0 Å². The van der Waals surface area contributed by atoms with E-state index in [9.17, 15) is 4.79 Å². The maximum atomic E-state index is 11.7. The van der Waals surface area contributed by atoms with Crippen molar-refractivity contribution < 1.29 is 4.79 Å². The zero-order valence-corrected chi connectivity index (χ0v) is 14.3. The van der Waals surface area contributed by atoms with Gasteiger partial charge in [-0.05, 0) is 36.4 Å². The average Bonchev–Trinajstić information content (AvgIpc) is 3.18. The third-order valence-corrected chi connectivity index (χ3v) is 3.52. The molecule has 0 aliphatic heterocycles. The number of nitrogens with one attached hydrogen (secondary N) is 3. The summed E-state index contributed by atoms with van der Waals surface area (Å²) in [4.78, 5) is 22.6. The molecule has 132 valence electrons. The minimum absolute atomic E-state index is 0.371. The van der Waals surface area contributed by atoms with Crippen LogP contribution in [0.2, 0.25) is 0 Å². The molecule has 0 unspecified atom stereocenters. The second kappa shape index (κ2) is 8.78. The fourth-order valence-corrected chi connectivity index (χ4v) is 2.27. The Morgan fingerprint density at radius 3 is 2.48 bits per heavy atom. The maximum Gasteiger partial charge on any atom is 0.323 e. The third-order valence-electron chi connectivity index (χ3n) is 3.52. The van der Waals surface area contributed by atoms with Crippen LogP contribution in [0.4, 0.5) is 16.2 Å². The number of carbonyl (C=O) groups is 1. The van der Waals surface area contributed by atoms with Gasteiger partial charge in [-0.1, -0.05) is 30.3 Å². The van der Waals surface area contributed by atoms with Crippen LogP contribution in [-0.4, -0.2) is 21.0 Å². The fraction of sp³-hybridized carbons (Fsp3) is 0. The molecule has 4 rings (SSSR count). The van der Waals surface area contributed by atoms with Crippen LogP contribution in [0.25, 0.3) is 11.2 Å². The molecule has 2 aromatic heterocycles. The van der Waals surface area contributed by atoms with Crippen molar-refractivity contribution in [3.05, 3.63) is 84.8 Å². The SMILES string of the molecule is N#Cc1ccccc1NC(=O)Nc1ccccc1.c1cnc2nc[nH]c2c1. The summed E-state index contributed by atoms with van der Waals surface area (Å²) in [6.07, 6.45) is 3.36. The van der Waals surface area contributed by atoms with E-state index in [1.165, 1.54) is 0 Å². The highest BCUT2D eigenvalue weighted by atomic mass is 16.2. The van der Waals surface area contributed by atoms with Crippen molar-refractivity contribution in [1.29, 1.82) is 5.26 Å². The molecule has 0 saturated heterocycles. The van der Waals surface area contributed by atoms with Gasteiger partial charge in [0, 0.05) is 11.9 Å². The van der Waals surface area contributed by atoms with Crippen molar-refractivity contribution in [3.63, 3.8) is 0 Å². The van der Waals surface area contributed by atoms with Crippen molar-refractivity contribution >= 4 is 28.6 Å². The standard InChI is InChI=1S/C14H11N3O.C6H5N3/c15-10-11-6-4-5-9-13(11)17-14(18)16-12-7-2-1-3-8-12;1-2-5-6(7-3-1)9-4-8-5/h1-9H,(H2,16,17,18);1-4H,(H,7,8,9). The smallest absolute Gasteiger partial charge is 0.323 e. The molecule has 27 heavy (non-hydrogen) atoms. The number of hydrogen-bond acceptors (Lipinski definition) is 4. The van der Waals surface area contributed by atoms with E-state index in [0.717, 1.165) is 11.2 Å². The molecule has 7 heteroatoms. The number of H-pyrrole nitrogens is 1. The summed E-state index contributed by atoms with van der Waals surface area (Å²) in [6, 6.07) is 21.4. The lowest BCUT2D eigenvalue weighted by Gasteiger charge is -2.08. The third kappa shape index (κ3) is 4.90. The van der Waals surface area contributed by atoms with Crippen LogP contribution < -0.4 is 10.6 Å². The number of fused-ring (bicyclic) bond motifs is 1. The van der Waals surface area contributed by atoms with Crippen LogP contribution in [0, 0.1) is 11.3 Å². The Bertz CT molecular complexity index is 1040. The summed E-state index contributed by atoms with van der Waals surface area (Å²) in [7, 11) is 0. The van der Waals surface area contributed by atoms with Gasteiger partial charge >= 0.3 is 6.03 Å². The molecular weight excluding hydrogens is 340 g/mol. The van der Waals surface area contributed by atoms with Crippen LogP contribution >= 0.6 is 0 Å². The second-order valence-corrected chi connectivity index (χ2v) is 5.38. The number of anilines is 2. The lowest BCUT2D eigenvalue weighted by Crippen LogP contribution is -2.19. The number of aromatic nitrogens is 3. The first-order valence-corrected chi connectivity index (χ1v) is 8.12. The van der Waals surface area contributed by atoms with E-state index >= 15 is 0 Å². The van der Waals surface area contributed by atoms with E-state index < -0.39 is 0 Å². The number of para-hydroxylation sites is 2. The van der Waals surface area contributed by atoms with Gasteiger partial charge < -0.3 is 15.6 Å². The number of urea groups is 1. The van der Waals surface area contributed by atoms with Crippen LogP contribution in [0.3, 0.4) is 0 Å². The molecule has 2 heterocycles. The van der Waals surface area contributed by atoms with Crippen LogP contribution in [0.15, 0.2) is 79.3 Å². The van der Waals surface area contributed by atoms with Gasteiger partial charge in [-0.25, -0.2) is 14.8 Å². The van der Waals surface area contributed by atoms with Crippen molar-refractivity contribution in [2.75, 3.05) is 10.6 Å². The molecule has 3 N–H and O–H groups in total. The van der Waals surface area contributed by atoms with Crippen molar-refractivity contribution in [1.82, 2.24) is 15.0 Å². The van der Waals surface area contributed by atoms with Crippen LogP contribution in [0.1, 0.15) is 5.56 Å². The fourth-order valence-electron chi connectivity index (χ4n) is 2.27. The van der Waals surface area contributed by atoms with Gasteiger partial charge in [-0.3, -0.25) is 0 Å². The molecule has 2 amide bonds. The van der Waals surface area contributed by atoms with Crippen LogP contribution in [0.5, 0.6) is 0 Å². The number of nitrogens with zero attached hydrogens (tertiary/aromatic N) is 3. The number of imidazole rings is 1. The zero-order valence-electron chi connectivity index (χ0n) is 14.3. The topological polar surface area (TPSA) is 106 Å². The molecule has 0 fully saturated rings. The van der Waals surface area contributed by atoms with Crippen LogP contribution in [-0.2, 0) is 0 Å². The lowest BCUT2D eigenvalue weighted by molar-refractivity contribution is 0.262. The van der Waals surface area contributed by atoms with Gasteiger partial charge in [0.1, 0.15) is 6.07 Å². The highest BCUT2D eigenvalue weighted by Gasteiger charge is 2.05. The second-order valence-electron chi connectivity index (χ2n) is 5.38. The summed E-state index contributed by atoms with van der Waals surface area (Å²) in [5.41, 5.74) is 3.38. The normalized spacial score (nSPS) is 9.59. The summed E-state index contributed by atoms with van der Waals surface area (Å²) >= 11 is 0. The Kier molecular flexibility index (Phi) is 5.74. The molecule has 0 bridgehead atoms. The summed E-state index contributed by atoms with van der Waals surface area (Å²) in [5.74, 6) is 0. The Hall–Kier alpha value is -4.18. The first kappa shape index (κ1) is 17.6. The molecule has 0 radical (unpaired) electrons. The minimum atomic E-state index is -0.371. The summed E-state index contributed by atoms with van der Waals surface area (Å²) in [6.45, 7) is 0. The summed E-state index contributed by atoms with van der Waals surface area (Å²) < 4.78 is 0. The van der Waals surface area contributed by atoms with Gasteiger partial charge in [0.2, 0.25) is 0 Å². The predicted molar refractivity (Wildman–Crippen MR) is 104 cm³/mol. The molecule has 0 aliphatic rings. The van der Waals surface area contributed by atoms with Crippen molar-refractivity contribution in [2.24, 2.45) is 0 Å². The van der Waals surface area contributed by atoms with E-state index in [1.807, 2.05) is 36.4 Å². The number of hydrogen-bond donors (Lipinski definition) is 3. The number of nitriles is 1. The van der Waals surface area contributed by atoms with Gasteiger partial charge in [-0.15, -0.1) is 0 Å². The van der Waals surface area contributed by atoms with Gasteiger partial charge in [0.15, 0.2) is 5.65 Å². The highest BCUT2D eigenvalue weighted by Crippen LogP contribution is 2.14. The number of benzene rings is 2. The molecule has 0 aliphatic carbocycles. The number of amides is 2. The Labute approximate surface area is 155 Å². The first-order chi connectivity index (χ1) is 13.3. The molecule has 4 aromatic rings. The van der Waals surface area contributed by atoms with Crippen molar-refractivity contribution in [2.45, 2.75) is 0 Å². The van der Waals surface area contributed by atoms with Crippen molar-refractivity contribution in [3.8, 4) is 6.07 Å². The molecule has 0 atom stereocenters. The number of carbonyl (C=O) groups excluding carboxylic acids is 1. The molecular formula is C20H16N6O. The Morgan fingerprint density at radius 1 is 0.926 bits per heavy atom. The number of aromatic amines is 1. The van der Waals surface area contributed by atoms with E-state index in [2.05, 4.69) is 25.6 Å². The monoisotopic (exact) mass is 356 g/mol. The number of rotatable bonds is 2. The zero-order chi connectivity index (χ0) is 18.9. The van der Waals surface area contributed by atoms with E-state index in [0.29, 0.717) is 16.9 Å². The van der Waals surface area contributed by atoms with Gasteiger partial charge in [-0.2, -0.15) is 5.26 Å². The quantitative estimate of drug-likeness (QED) is 0.501. The first-order valence-electron chi connectivity index (χ1n) is 8.12. The molecule has 0 saturated carbocycles. The van der Waals surface area contributed by atoms with E-state index in [4.69, 9.17) is 5.26 Å². The molecule has 2 aromatic carbocycles. The lowest BCUT2D eigenvalue weighted by atomic mass is 10.2. The highest BCUT2D eigenvalue weighted by molar-refractivity contribution is 6.00. The summed E-state index contributed by atoms with van der Waals surface area (Å²) in [5, 5.41) is 14.2. The van der Waals surface area contributed by atoms with E-state index in [1.54, 1.807) is 48.9 Å². The number of pyridine rings is 1. The van der Waals surface area contributed by atoms with E-state index in [-0.39, 0.29) is 6.03 Å².